The maximum Gasteiger partial charge on any atom is 0.223 e. The van der Waals surface area contributed by atoms with Gasteiger partial charge in [0.05, 0.1) is 0 Å². The lowest BCUT2D eigenvalue weighted by molar-refractivity contribution is -0.125. The van der Waals surface area contributed by atoms with Crippen LogP contribution in [0, 0.1) is 11.8 Å². The van der Waals surface area contributed by atoms with Gasteiger partial charge in [-0.25, -0.2) is 0 Å². The Bertz CT molecular complexity index is 194. The molecule has 3 heteroatoms. The molecule has 0 bridgehead atoms. The van der Waals surface area contributed by atoms with Gasteiger partial charge in [-0.1, -0.05) is 27.2 Å². The molecule has 1 aliphatic rings. The molecular formula is C11H22N2O. The smallest absolute Gasteiger partial charge is 0.223 e. The molecule has 0 aliphatic carbocycles. The number of nitrogens with one attached hydrogen (secondary N) is 2. The summed E-state index contributed by atoms with van der Waals surface area (Å²) in [5, 5.41) is 6.40. The minimum Gasteiger partial charge on any atom is -0.352 e. The van der Waals surface area contributed by atoms with E-state index in [1.807, 2.05) is 6.92 Å². The predicted octanol–water partition coefficient (Wildman–Crippen LogP) is 1.15. The molecule has 0 aromatic heterocycles. The van der Waals surface area contributed by atoms with Crippen LogP contribution in [0.2, 0.25) is 0 Å². The monoisotopic (exact) mass is 198 g/mol. The molecule has 14 heavy (non-hydrogen) atoms. The second kappa shape index (κ2) is 5.35. The van der Waals surface area contributed by atoms with Crippen molar-refractivity contribution in [1.29, 1.82) is 0 Å². The van der Waals surface area contributed by atoms with E-state index in [1.165, 1.54) is 0 Å². The Kier molecular flexibility index (Phi) is 4.39. The molecule has 3 nitrogen and oxygen atoms in total. The van der Waals surface area contributed by atoms with Crippen molar-refractivity contribution < 1.29 is 4.79 Å². The van der Waals surface area contributed by atoms with Crippen LogP contribution in [-0.2, 0) is 4.79 Å². The van der Waals surface area contributed by atoms with Gasteiger partial charge in [0.25, 0.3) is 0 Å². The molecule has 0 spiro atoms. The van der Waals surface area contributed by atoms with Crippen molar-refractivity contribution in [2.75, 3.05) is 13.1 Å². The molecule has 0 aromatic rings. The molecule has 3 unspecified atom stereocenters. The van der Waals surface area contributed by atoms with Crippen LogP contribution in [0.25, 0.3) is 0 Å². The van der Waals surface area contributed by atoms with Gasteiger partial charge in [-0.15, -0.1) is 0 Å². The lowest BCUT2D eigenvalue weighted by Crippen LogP contribution is -2.42. The second-order valence-electron chi connectivity index (χ2n) is 4.44. The van der Waals surface area contributed by atoms with E-state index < -0.39 is 0 Å². The Morgan fingerprint density at radius 2 is 2.29 bits per heavy atom. The summed E-state index contributed by atoms with van der Waals surface area (Å²) in [4.78, 5) is 11.7. The summed E-state index contributed by atoms with van der Waals surface area (Å²) in [5.74, 6) is 0.938. The molecule has 1 amide bonds. The largest absolute Gasteiger partial charge is 0.352 e. The number of rotatable bonds is 4. The van der Waals surface area contributed by atoms with Gasteiger partial charge in [0.1, 0.15) is 0 Å². The van der Waals surface area contributed by atoms with E-state index in [2.05, 4.69) is 24.5 Å². The Labute approximate surface area is 86.6 Å². The summed E-state index contributed by atoms with van der Waals surface area (Å²) in [5.41, 5.74) is 0. The SMILES string of the molecule is CCCC(C)C(=O)NC1CNCC1C. The van der Waals surface area contributed by atoms with Gasteiger partial charge in [-0.2, -0.15) is 0 Å². The van der Waals surface area contributed by atoms with Crippen LogP contribution in [0.4, 0.5) is 0 Å². The highest BCUT2D eigenvalue weighted by Crippen LogP contribution is 2.10. The van der Waals surface area contributed by atoms with Crippen LogP contribution < -0.4 is 10.6 Å². The Morgan fingerprint density at radius 1 is 1.57 bits per heavy atom. The van der Waals surface area contributed by atoms with Crippen molar-refractivity contribution in [2.24, 2.45) is 11.8 Å². The van der Waals surface area contributed by atoms with Crippen molar-refractivity contribution in [3.05, 3.63) is 0 Å². The van der Waals surface area contributed by atoms with Crippen molar-refractivity contribution in [2.45, 2.75) is 39.7 Å². The van der Waals surface area contributed by atoms with Gasteiger partial charge in [0, 0.05) is 18.5 Å². The summed E-state index contributed by atoms with van der Waals surface area (Å²) in [6.45, 7) is 8.24. The first-order valence-electron chi connectivity index (χ1n) is 5.66. The number of carbonyl (C=O) groups excluding carboxylic acids is 1. The minimum absolute atomic E-state index is 0.160. The van der Waals surface area contributed by atoms with Gasteiger partial charge < -0.3 is 10.6 Å². The third-order valence-electron chi connectivity index (χ3n) is 3.01. The summed E-state index contributed by atoms with van der Waals surface area (Å²) < 4.78 is 0. The Balaban J connectivity index is 2.32. The average molecular weight is 198 g/mol. The highest BCUT2D eigenvalue weighted by molar-refractivity contribution is 5.78. The number of hydrogen-bond acceptors (Lipinski definition) is 2. The fourth-order valence-corrected chi connectivity index (χ4v) is 1.89. The van der Waals surface area contributed by atoms with E-state index in [1.54, 1.807) is 0 Å². The number of amides is 1. The van der Waals surface area contributed by atoms with Crippen molar-refractivity contribution in [3.63, 3.8) is 0 Å². The molecule has 0 radical (unpaired) electrons. The maximum absolute atomic E-state index is 11.7. The van der Waals surface area contributed by atoms with Crippen LogP contribution >= 0.6 is 0 Å². The number of hydrogen-bond donors (Lipinski definition) is 2. The third kappa shape index (κ3) is 2.98. The quantitative estimate of drug-likeness (QED) is 0.711. The lowest BCUT2D eigenvalue weighted by atomic mass is 10.0. The highest BCUT2D eigenvalue weighted by atomic mass is 16.1. The molecule has 1 heterocycles. The molecule has 2 N–H and O–H groups in total. The molecule has 1 aliphatic heterocycles. The van der Waals surface area contributed by atoms with Crippen LogP contribution in [0.5, 0.6) is 0 Å². The maximum atomic E-state index is 11.7. The van der Waals surface area contributed by atoms with E-state index in [0.29, 0.717) is 12.0 Å². The summed E-state index contributed by atoms with van der Waals surface area (Å²) in [7, 11) is 0. The third-order valence-corrected chi connectivity index (χ3v) is 3.01. The molecule has 1 rings (SSSR count). The summed E-state index contributed by atoms with van der Waals surface area (Å²) >= 11 is 0. The minimum atomic E-state index is 0.160. The molecule has 1 saturated heterocycles. The average Bonchev–Trinajstić information content (AvgIpc) is 2.52. The number of carbonyl (C=O) groups is 1. The Hall–Kier alpha value is -0.570. The first-order chi connectivity index (χ1) is 6.65. The highest BCUT2D eigenvalue weighted by Gasteiger charge is 2.25. The van der Waals surface area contributed by atoms with Crippen molar-refractivity contribution >= 4 is 5.91 Å². The molecular weight excluding hydrogens is 176 g/mol. The van der Waals surface area contributed by atoms with Crippen LogP contribution in [0.3, 0.4) is 0 Å². The fraction of sp³-hybridized carbons (Fsp3) is 0.909. The first-order valence-corrected chi connectivity index (χ1v) is 5.66. The van der Waals surface area contributed by atoms with E-state index in [9.17, 15) is 4.79 Å². The van der Waals surface area contributed by atoms with Crippen LogP contribution in [0.15, 0.2) is 0 Å². The van der Waals surface area contributed by atoms with E-state index in [4.69, 9.17) is 0 Å². The van der Waals surface area contributed by atoms with Crippen LogP contribution in [0.1, 0.15) is 33.6 Å². The fourth-order valence-electron chi connectivity index (χ4n) is 1.89. The molecule has 0 saturated carbocycles. The Morgan fingerprint density at radius 3 is 2.79 bits per heavy atom. The second-order valence-corrected chi connectivity index (χ2v) is 4.44. The van der Waals surface area contributed by atoms with E-state index in [0.717, 1.165) is 25.9 Å². The molecule has 1 fully saturated rings. The van der Waals surface area contributed by atoms with Crippen molar-refractivity contribution in [3.8, 4) is 0 Å². The van der Waals surface area contributed by atoms with Gasteiger partial charge in [-0.05, 0) is 18.9 Å². The van der Waals surface area contributed by atoms with Gasteiger partial charge >= 0.3 is 0 Å². The van der Waals surface area contributed by atoms with Gasteiger partial charge in [0.15, 0.2) is 0 Å². The summed E-state index contributed by atoms with van der Waals surface area (Å²) in [6.07, 6.45) is 2.06. The van der Waals surface area contributed by atoms with E-state index in [-0.39, 0.29) is 11.8 Å². The zero-order valence-corrected chi connectivity index (χ0v) is 9.47. The topological polar surface area (TPSA) is 41.1 Å². The lowest BCUT2D eigenvalue weighted by Gasteiger charge is -2.19. The van der Waals surface area contributed by atoms with Gasteiger partial charge in [-0.3, -0.25) is 4.79 Å². The van der Waals surface area contributed by atoms with Crippen LogP contribution in [-0.4, -0.2) is 25.0 Å². The summed E-state index contributed by atoms with van der Waals surface area (Å²) in [6, 6.07) is 0.335. The molecule has 3 atom stereocenters. The predicted molar refractivity (Wildman–Crippen MR) is 58.0 cm³/mol. The molecule has 82 valence electrons. The zero-order chi connectivity index (χ0) is 10.6. The first kappa shape index (κ1) is 11.5. The van der Waals surface area contributed by atoms with Gasteiger partial charge in [0.2, 0.25) is 5.91 Å². The standard InChI is InChI=1S/C11H22N2O/c1-4-5-8(2)11(14)13-10-7-12-6-9(10)3/h8-10,12H,4-7H2,1-3H3,(H,13,14). The van der Waals surface area contributed by atoms with E-state index >= 15 is 0 Å². The van der Waals surface area contributed by atoms with Crippen molar-refractivity contribution in [1.82, 2.24) is 10.6 Å². The molecule has 0 aromatic carbocycles. The normalized spacial score (nSPS) is 28.8. The zero-order valence-electron chi connectivity index (χ0n) is 9.47.